The van der Waals surface area contributed by atoms with Crippen molar-refractivity contribution in [2.45, 2.75) is 44.7 Å². The van der Waals surface area contributed by atoms with Crippen LogP contribution in [0.5, 0.6) is 0 Å². The average molecular weight is 273 g/mol. The third-order valence-corrected chi connectivity index (χ3v) is 4.70. The first kappa shape index (κ1) is 13.6. The van der Waals surface area contributed by atoms with Crippen molar-refractivity contribution >= 4 is 5.91 Å². The molecule has 0 saturated carbocycles. The van der Waals surface area contributed by atoms with E-state index in [-0.39, 0.29) is 5.91 Å². The molecule has 0 bridgehead atoms. The molecule has 0 aliphatic carbocycles. The number of hydrogen-bond donors (Lipinski definition) is 0. The molecule has 2 aliphatic rings. The zero-order valence-electron chi connectivity index (χ0n) is 12.2. The average Bonchev–Trinajstić information content (AvgIpc) is 2.97. The minimum atomic E-state index is 0.214. The summed E-state index contributed by atoms with van der Waals surface area (Å²) in [5.41, 5.74) is 1.21. The van der Waals surface area contributed by atoms with Crippen molar-refractivity contribution in [1.29, 1.82) is 0 Å². The summed E-state index contributed by atoms with van der Waals surface area (Å²) in [4.78, 5) is 20.6. The van der Waals surface area contributed by atoms with Crippen LogP contribution >= 0.6 is 0 Å². The number of pyridine rings is 1. The van der Waals surface area contributed by atoms with Crippen LogP contribution in [0.2, 0.25) is 0 Å². The summed E-state index contributed by atoms with van der Waals surface area (Å²) in [6, 6.07) is 7.30. The van der Waals surface area contributed by atoms with E-state index in [9.17, 15) is 4.79 Å². The number of carbonyl (C=O) groups excluding carboxylic acids is 1. The molecule has 2 saturated heterocycles. The van der Waals surface area contributed by atoms with E-state index in [2.05, 4.69) is 22.0 Å². The number of carbonyl (C=O) groups is 1. The Morgan fingerprint density at radius 2 is 2.00 bits per heavy atom. The van der Waals surface area contributed by atoms with Crippen LogP contribution in [0.4, 0.5) is 0 Å². The number of rotatable bonds is 2. The highest BCUT2D eigenvalue weighted by molar-refractivity contribution is 5.73. The van der Waals surface area contributed by atoms with Crippen molar-refractivity contribution in [2.24, 2.45) is 0 Å². The largest absolute Gasteiger partial charge is 0.343 e. The van der Waals surface area contributed by atoms with Crippen LogP contribution in [0.3, 0.4) is 0 Å². The van der Waals surface area contributed by atoms with Gasteiger partial charge in [0.15, 0.2) is 0 Å². The summed E-state index contributed by atoms with van der Waals surface area (Å²) < 4.78 is 0. The van der Waals surface area contributed by atoms with Crippen LogP contribution < -0.4 is 0 Å². The first-order chi connectivity index (χ1) is 9.75. The van der Waals surface area contributed by atoms with Crippen molar-refractivity contribution in [3.63, 3.8) is 0 Å². The van der Waals surface area contributed by atoms with E-state index in [1.165, 1.54) is 25.1 Å². The fraction of sp³-hybridized carbons (Fsp3) is 0.625. The zero-order chi connectivity index (χ0) is 13.9. The molecule has 0 N–H and O–H groups in total. The van der Waals surface area contributed by atoms with Gasteiger partial charge in [0.25, 0.3) is 0 Å². The Labute approximate surface area is 120 Å². The highest BCUT2D eigenvalue weighted by Gasteiger charge is 2.34. The van der Waals surface area contributed by atoms with Crippen LogP contribution in [0.15, 0.2) is 24.4 Å². The zero-order valence-corrected chi connectivity index (χ0v) is 12.2. The third kappa shape index (κ3) is 2.70. The summed E-state index contributed by atoms with van der Waals surface area (Å²) >= 11 is 0. The third-order valence-electron chi connectivity index (χ3n) is 4.70. The van der Waals surface area contributed by atoms with Gasteiger partial charge in [-0.3, -0.25) is 14.7 Å². The van der Waals surface area contributed by atoms with Crippen molar-refractivity contribution in [3.05, 3.63) is 30.1 Å². The summed E-state index contributed by atoms with van der Waals surface area (Å²) in [5, 5.41) is 0. The van der Waals surface area contributed by atoms with Gasteiger partial charge in [-0.15, -0.1) is 0 Å². The predicted octanol–water partition coefficient (Wildman–Crippen LogP) is 2.23. The molecular formula is C16H23N3O. The molecule has 3 rings (SSSR count). The van der Waals surface area contributed by atoms with Gasteiger partial charge in [0.2, 0.25) is 5.91 Å². The summed E-state index contributed by atoms with van der Waals surface area (Å²) in [5.74, 6) is 0.214. The molecule has 0 radical (unpaired) electrons. The van der Waals surface area contributed by atoms with Crippen molar-refractivity contribution in [1.82, 2.24) is 14.8 Å². The number of amides is 1. The van der Waals surface area contributed by atoms with Gasteiger partial charge in [-0.1, -0.05) is 6.07 Å². The van der Waals surface area contributed by atoms with E-state index in [0.717, 1.165) is 25.9 Å². The minimum Gasteiger partial charge on any atom is -0.343 e. The Kier molecular flexibility index (Phi) is 4.01. The van der Waals surface area contributed by atoms with Crippen LogP contribution in [-0.4, -0.2) is 46.4 Å². The quantitative estimate of drug-likeness (QED) is 0.829. The maximum atomic E-state index is 11.4. The first-order valence-electron chi connectivity index (χ1n) is 7.68. The highest BCUT2D eigenvalue weighted by atomic mass is 16.2. The number of nitrogens with zero attached hydrogens (tertiary/aromatic N) is 3. The second-order valence-electron chi connectivity index (χ2n) is 5.89. The molecule has 108 valence electrons. The van der Waals surface area contributed by atoms with Gasteiger partial charge >= 0.3 is 0 Å². The topological polar surface area (TPSA) is 36.4 Å². The highest BCUT2D eigenvalue weighted by Crippen LogP contribution is 2.35. The Morgan fingerprint density at radius 3 is 2.65 bits per heavy atom. The van der Waals surface area contributed by atoms with Crippen molar-refractivity contribution in [2.75, 3.05) is 19.6 Å². The maximum absolute atomic E-state index is 11.4. The van der Waals surface area contributed by atoms with Crippen LogP contribution in [0.1, 0.15) is 44.3 Å². The molecule has 4 heteroatoms. The molecule has 4 nitrogen and oxygen atoms in total. The molecule has 1 amide bonds. The molecule has 1 aromatic rings. The van der Waals surface area contributed by atoms with E-state index >= 15 is 0 Å². The second kappa shape index (κ2) is 5.92. The van der Waals surface area contributed by atoms with E-state index in [1.54, 1.807) is 6.92 Å². The van der Waals surface area contributed by atoms with Crippen LogP contribution in [0.25, 0.3) is 0 Å². The normalized spacial score (nSPS) is 25.1. The van der Waals surface area contributed by atoms with E-state index in [0.29, 0.717) is 12.1 Å². The predicted molar refractivity (Wildman–Crippen MR) is 78.2 cm³/mol. The Bertz CT molecular complexity index is 454. The Hall–Kier alpha value is -1.42. The van der Waals surface area contributed by atoms with Crippen molar-refractivity contribution < 1.29 is 4.79 Å². The number of hydrogen-bond acceptors (Lipinski definition) is 3. The lowest BCUT2D eigenvalue weighted by atomic mass is 10.0. The molecular weight excluding hydrogens is 250 g/mol. The molecule has 20 heavy (non-hydrogen) atoms. The van der Waals surface area contributed by atoms with Crippen molar-refractivity contribution in [3.8, 4) is 0 Å². The monoisotopic (exact) mass is 273 g/mol. The Balaban J connectivity index is 1.66. The van der Waals surface area contributed by atoms with Crippen LogP contribution in [-0.2, 0) is 4.79 Å². The molecule has 3 heterocycles. The molecule has 0 aromatic carbocycles. The molecule has 1 atom stereocenters. The lowest BCUT2D eigenvalue weighted by Gasteiger charge is -2.39. The van der Waals surface area contributed by atoms with Gasteiger partial charge in [0.1, 0.15) is 0 Å². The standard InChI is InChI=1S/C16H23N3O/c1-13(20)18-11-7-14(8-12-18)19-10-4-6-16(19)15-5-2-3-9-17-15/h2-3,5,9,14,16H,4,6-8,10-12H2,1H3. The van der Waals surface area contributed by atoms with Gasteiger partial charge in [0, 0.05) is 32.3 Å². The maximum Gasteiger partial charge on any atom is 0.219 e. The molecule has 1 aromatic heterocycles. The molecule has 2 fully saturated rings. The van der Waals surface area contributed by atoms with E-state index in [4.69, 9.17) is 0 Å². The molecule has 2 aliphatic heterocycles. The fourth-order valence-corrected chi connectivity index (χ4v) is 3.63. The van der Waals surface area contributed by atoms with Gasteiger partial charge in [0.05, 0.1) is 11.7 Å². The van der Waals surface area contributed by atoms with Gasteiger partial charge in [-0.05, 0) is 44.4 Å². The first-order valence-corrected chi connectivity index (χ1v) is 7.68. The SMILES string of the molecule is CC(=O)N1CCC(N2CCCC2c2ccccn2)CC1. The Morgan fingerprint density at radius 1 is 1.20 bits per heavy atom. The van der Waals surface area contributed by atoms with Gasteiger partial charge in [-0.2, -0.15) is 0 Å². The lowest BCUT2D eigenvalue weighted by Crippen LogP contribution is -2.46. The summed E-state index contributed by atoms with van der Waals surface area (Å²) in [6.07, 6.45) is 6.56. The molecule has 0 spiro atoms. The van der Waals surface area contributed by atoms with E-state index < -0.39 is 0 Å². The number of aromatic nitrogens is 1. The minimum absolute atomic E-state index is 0.214. The van der Waals surface area contributed by atoms with Gasteiger partial charge < -0.3 is 4.90 Å². The second-order valence-corrected chi connectivity index (χ2v) is 5.89. The van der Waals surface area contributed by atoms with Gasteiger partial charge in [-0.25, -0.2) is 0 Å². The smallest absolute Gasteiger partial charge is 0.219 e. The van der Waals surface area contributed by atoms with Crippen LogP contribution in [0, 0.1) is 0 Å². The number of likely N-dealkylation sites (tertiary alicyclic amines) is 2. The van der Waals surface area contributed by atoms with E-state index in [1.807, 2.05) is 17.2 Å². The summed E-state index contributed by atoms with van der Waals surface area (Å²) in [6.45, 7) is 4.66. The fourth-order valence-electron chi connectivity index (χ4n) is 3.63. The molecule has 1 unspecified atom stereocenters. The number of piperidine rings is 1. The summed E-state index contributed by atoms with van der Waals surface area (Å²) in [7, 11) is 0. The lowest BCUT2D eigenvalue weighted by molar-refractivity contribution is -0.130.